The summed E-state index contributed by atoms with van der Waals surface area (Å²) in [5.74, 6) is 1.39. The van der Waals surface area contributed by atoms with Gasteiger partial charge in [-0.15, -0.1) is 0 Å². The molecule has 0 bridgehead atoms. The lowest BCUT2D eigenvalue weighted by molar-refractivity contribution is 0.373. The lowest BCUT2D eigenvalue weighted by Crippen LogP contribution is -2.00. The molecule has 0 heterocycles. The molecule has 106 valence electrons. The third-order valence-electron chi connectivity index (χ3n) is 2.85. The summed E-state index contributed by atoms with van der Waals surface area (Å²) >= 11 is 3.43. The van der Waals surface area contributed by atoms with E-state index in [1.807, 2.05) is 24.3 Å². The highest BCUT2D eigenvalue weighted by atomic mass is 79.9. The lowest BCUT2D eigenvalue weighted by atomic mass is 10.2. The second kappa shape index (κ2) is 6.52. The average Bonchev–Trinajstić information content (AvgIpc) is 2.44. The van der Waals surface area contributed by atoms with Crippen molar-refractivity contribution in [3.63, 3.8) is 0 Å². The zero-order valence-electron chi connectivity index (χ0n) is 11.3. The van der Waals surface area contributed by atoms with Crippen LogP contribution in [-0.2, 0) is 6.54 Å². The third kappa shape index (κ3) is 3.57. The van der Waals surface area contributed by atoms with E-state index in [4.69, 9.17) is 9.47 Å². The van der Waals surface area contributed by atoms with Crippen molar-refractivity contribution in [2.24, 2.45) is 0 Å². The van der Waals surface area contributed by atoms with Gasteiger partial charge in [-0.2, -0.15) is 0 Å². The number of hydrogen-bond acceptors (Lipinski definition) is 4. The van der Waals surface area contributed by atoms with E-state index in [2.05, 4.69) is 21.2 Å². The molecule has 0 atom stereocenters. The second-order valence-corrected chi connectivity index (χ2v) is 5.16. The molecule has 5 heteroatoms. The van der Waals surface area contributed by atoms with Gasteiger partial charge in [0.1, 0.15) is 5.75 Å². The van der Waals surface area contributed by atoms with E-state index >= 15 is 0 Å². The molecule has 2 aromatic carbocycles. The van der Waals surface area contributed by atoms with Crippen molar-refractivity contribution in [1.82, 2.24) is 0 Å². The van der Waals surface area contributed by atoms with Crippen molar-refractivity contribution in [2.45, 2.75) is 6.54 Å². The smallest absolute Gasteiger partial charge is 0.160 e. The van der Waals surface area contributed by atoms with E-state index in [1.54, 1.807) is 19.2 Å². The lowest BCUT2D eigenvalue weighted by Gasteiger charge is -2.10. The van der Waals surface area contributed by atoms with Crippen LogP contribution < -0.4 is 14.8 Å². The fourth-order valence-corrected chi connectivity index (χ4v) is 2.30. The van der Waals surface area contributed by atoms with Crippen molar-refractivity contribution in [1.29, 1.82) is 0 Å². The molecule has 0 radical (unpaired) electrons. The average molecular weight is 338 g/mol. The Hall–Kier alpha value is -1.88. The Morgan fingerprint density at radius 1 is 1.10 bits per heavy atom. The second-order valence-electron chi connectivity index (χ2n) is 4.24. The summed E-state index contributed by atoms with van der Waals surface area (Å²) in [6, 6.07) is 11.1. The summed E-state index contributed by atoms with van der Waals surface area (Å²) in [5.41, 5.74) is 1.90. The van der Waals surface area contributed by atoms with Gasteiger partial charge in [-0.05, 0) is 29.8 Å². The van der Waals surface area contributed by atoms with Gasteiger partial charge < -0.3 is 19.9 Å². The predicted octanol–water partition coefficient (Wildman–Crippen LogP) is 3.78. The van der Waals surface area contributed by atoms with Crippen molar-refractivity contribution < 1.29 is 14.6 Å². The fourth-order valence-electron chi connectivity index (χ4n) is 1.83. The van der Waals surface area contributed by atoms with E-state index in [-0.39, 0.29) is 5.75 Å². The Kier molecular flexibility index (Phi) is 4.74. The quantitative estimate of drug-likeness (QED) is 0.871. The standard InChI is InChI=1S/C15H16BrNO3/c1-19-13-7-11(16)6-12(8-13)17-9-10-3-4-15(20-2)14(18)5-10/h3-8,17-18H,9H2,1-2H3. The molecule has 0 aromatic heterocycles. The first kappa shape index (κ1) is 14.5. The van der Waals surface area contributed by atoms with Crippen LogP contribution in [0.4, 0.5) is 5.69 Å². The number of nitrogens with one attached hydrogen (secondary N) is 1. The molecule has 0 amide bonds. The van der Waals surface area contributed by atoms with Gasteiger partial charge in [-0.1, -0.05) is 22.0 Å². The van der Waals surface area contributed by atoms with E-state index in [0.29, 0.717) is 12.3 Å². The van der Waals surface area contributed by atoms with E-state index in [9.17, 15) is 5.11 Å². The van der Waals surface area contributed by atoms with Crippen molar-refractivity contribution >= 4 is 21.6 Å². The van der Waals surface area contributed by atoms with Crippen LogP contribution in [0.25, 0.3) is 0 Å². The minimum absolute atomic E-state index is 0.138. The largest absolute Gasteiger partial charge is 0.504 e. The molecule has 20 heavy (non-hydrogen) atoms. The Morgan fingerprint density at radius 3 is 2.55 bits per heavy atom. The highest BCUT2D eigenvalue weighted by molar-refractivity contribution is 9.10. The van der Waals surface area contributed by atoms with E-state index < -0.39 is 0 Å². The van der Waals surface area contributed by atoms with Gasteiger partial charge in [0, 0.05) is 22.8 Å². The summed E-state index contributed by atoms with van der Waals surface area (Å²) in [6.45, 7) is 0.594. The molecule has 0 saturated heterocycles. The normalized spacial score (nSPS) is 10.2. The van der Waals surface area contributed by atoms with Crippen LogP contribution in [0.2, 0.25) is 0 Å². The minimum Gasteiger partial charge on any atom is -0.504 e. The number of ether oxygens (including phenoxy) is 2. The Morgan fingerprint density at radius 2 is 1.90 bits per heavy atom. The van der Waals surface area contributed by atoms with Crippen LogP contribution in [0, 0.1) is 0 Å². The fraction of sp³-hybridized carbons (Fsp3) is 0.200. The number of hydrogen-bond donors (Lipinski definition) is 2. The van der Waals surface area contributed by atoms with E-state index in [0.717, 1.165) is 21.5 Å². The molecule has 2 rings (SSSR count). The Bertz CT molecular complexity index is 602. The summed E-state index contributed by atoms with van der Waals surface area (Å²) in [7, 11) is 3.16. The summed E-state index contributed by atoms with van der Waals surface area (Å²) in [5, 5.41) is 13.0. The maximum Gasteiger partial charge on any atom is 0.160 e. The summed E-state index contributed by atoms with van der Waals surface area (Å²) in [6.07, 6.45) is 0. The number of anilines is 1. The van der Waals surface area contributed by atoms with Gasteiger partial charge in [0.2, 0.25) is 0 Å². The molecule has 4 nitrogen and oxygen atoms in total. The zero-order chi connectivity index (χ0) is 14.5. The van der Waals surface area contributed by atoms with Gasteiger partial charge in [0.05, 0.1) is 14.2 Å². The number of rotatable bonds is 5. The molecular weight excluding hydrogens is 322 g/mol. The number of halogens is 1. The van der Waals surface area contributed by atoms with Crippen LogP contribution in [0.5, 0.6) is 17.2 Å². The first-order chi connectivity index (χ1) is 9.62. The molecule has 2 N–H and O–H groups in total. The van der Waals surface area contributed by atoms with Crippen molar-refractivity contribution in [3.05, 3.63) is 46.4 Å². The van der Waals surface area contributed by atoms with Gasteiger partial charge in [-0.3, -0.25) is 0 Å². The summed E-state index contributed by atoms with van der Waals surface area (Å²) in [4.78, 5) is 0. The molecular formula is C15H16BrNO3. The van der Waals surface area contributed by atoms with Crippen LogP contribution in [0.3, 0.4) is 0 Å². The van der Waals surface area contributed by atoms with E-state index in [1.165, 1.54) is 7.11 Å². The topological polar surface area (TPSA) is 50.7 Å². The number of benzene rings is 2. The highest BCUT2D eigenvalue weighted by Crippen LogP contribution is 2.28. The van der Waals surface area contributed by atoms with Crippen molar-refractivity contribution in [3.8, 4) is 17.2 Å². The molecule has 0 aliphatic heterocycles. The maximum atomic E-state index is 9.73. The molecule has 0 fully saturated rings. The van der Waals surface area contributed by atoms with Crippen LogP contribution in [-0.4, -0.2) is 19.3 Å². The first-order valence-electron chi connectivity index (χ1n) is 6.06. The van der Waals surface area contributed by atoms with Gasteiger partial charge in [0.15, 0.2) is 11.5 Å². The zero-order valence-corrected chi connectivity index (χ0v) is 12.9. The molecule has 0 aliphatic carbocycles. The molecule has 0 aliphatic rings. The Balaban J connectivity index is 2.08. The van der Waals surface area contributed by atoms with Crippen molar-refractivity contribution in [2.75, 3.05) is 19.5 Å². The van der Waals surface area contributed by atoms with Crippen LogP contribution in [0.1, 0.15) is 5.56 Å². The van der Waals surface area contributed by atoms with Crippen LogP contribution >= 0.6 is 15.9 Å². The minimum atomic E-state index is 0.138. The monoisotopic (exact) mass is 337 g/mol. The predicted molar refractivity (Wildman–Crippen MR) is 82.7 cm³/mol. The first-order valence-corrected chi connectivity index (χ1v) is 6.86. The Labute approximate surface area is 126 Å². The summed E-state index contributed by atoms with van der Waals surface area (Å²) < 4.78 is 11.2. The van der Waals surface area contributed by atoms with Crippen LogP contribution in [0.15, 0.2) is 40.9 Å². The van der Waals surface area contributed by atoms with Gasteiger partial charge in [0.25, 0.3) is 0 Å². The molecule has 2 aromatic rings. The van der Waals surface area contributed by atoms with Gasteiger partial charge >= 0.3 is 0 Å². The number of phenolic OH excluding ortho intramolecular Hbond substituents is 1. The molecule has 0 saturated carbocycles. The molecule has 0 unspecified atom stereocenters. The highest BCUT2D eigenvalue weighted by Gasteiger charge is 2.03. The number of aromatic hydroxyl groups is 1. The third-order valence-corrected chi connectivity index (χ3v) is 3.30. The number of phenols is 1. The number of methoxy groups -OCH3 is 2. The molecule has 0 spiro atoms. The van der Waals surface area contributed by atoms with Gasteiger partial charge in [-0.25, -0.2) is 0 Å². The SMILES string of the molecule is COc1cc(Br)cc(NCc2ccc(OC)c(O)c2)c1. The maximum absolute atomic E-state index is 9.73.